The first-order chi connectivity index (χ1) is 11.5. The normalized spacial score (nSPS) is 14.2. The number of halogens is 1. The van der Waals surface area contributed by atoms with Gasteiger partial charge in [-0.15, -0.1) is 11.3 Å². The van der Waals surface area contributed by atoms with Gasteiger partial charge in [0, 0.05) is 28.6 Å². The zero-order valence-corrected chi connectivity index (χ0v) is 14.7. The summed E-state index contributed by atoms with van der Waals surface area (Å²) in [5.74, 6) is -1.33. The monoisotopic (exact) mass is 364 g/mol. The fourth-order valence-corrected chi connectivity index (χ4v) is 4.22. The fourth-order valence-electron chi connectivity index (χ4n) is 2.82. The van der Waals surface area contributed by atoms with Gasteiger partial charge in [-0.2, -0.15) is 0 Å². The minimum Gasteiger partial charge on any atom is -0.478 e. The minimum absolute atomic E-state index is 0.230. The average Bonchev–Trinajstić information content (AvgIpc) is 2.92. The van der Waals surface area contributed by atoms with Gasteiger partial charge in [0.25, 0.3) is 5.91 Å². The number of benzene rings is 1. The van der Waals surface area contributed by atoms with E-state index in [0.29, 0.717) is 22.0 Å². The molecule has 24 heavy (non-hydrogen) atoms. The smallest absolute Gasteiger partial charge is 0.339 e. The van der Waals surface area contributed by atoms with E-state index in [2.05, 4.69) is 17.1 Å². The first-order valence-corrected chi connectivity index (χ1v) is 8.86. The fraction of sp³-hybridized carbons (Fsp3) is 0.294. The molecule has 0 spiro atoms. The summed E-state index contributed by atoms with van der Waals surface area (Å²) in [5, 5.41) is 13.3. The molecule has 0 atom stereocenters. The molecule has 2 heterocycles. The third-order valence-electron chi connectivity index (χ3n) is 4.13. The van der Waals surface area contributed by atoms with Crippen LogP contribution in [0.5, 0.6) is 0 Å². The lowest BCUT2D eigenvalue weighted by atomic mass is 10.0. The molecule has 2 aromatic rings. The van der Waals surface area contributed by atoms with Gasteiger partial charge in [0.2, 0.25) is 0 Å². The van der Waals surface area contributed by atoms with E-state index < -0.39 is 5.97 Å². The maximum atomic E-state index is 12.4. The van der Waals surface area contributed by atoms with E-state index >= 15 is 0 Å². The molecule has 0 fully saturated rings. The van der Waals surface area contributed by atoms with Crippen molar-refractivity contribution in [3.63, 3.8) is 0 Å². The Morgan fingerprint density at radius 3 is 2.67 bits per heavy atom. The minimum atomic E-state index is -0.996. The summed E-state index contributed by atoms with van der Waals surface area (Å²) in [7, 11) is 0. The number of carboxylic acid groups (broad SMARTS) is 1. The van der Waals surface area contributed by atoms with Crippen LogP contribution in [-0.4, -0.2) is 35.0 Å². The van der Waals surface area contributed by atoms with Gasteiger partial charge in [-0.05, 0) is 42.8 Å². The summed E-state index contributed by atoms with van der Waals surface area (Å²) in [6.07, 6.45) is 0.693. The second-order valence-corrected chi connectivity index (χ2v) is 7.13. The Hall–Kier alpha value is -1.89. The number of carboxylic acids is 1. The maximum absolute atomic E-state index is 12.4. The standard InChI is InChI=1S/C17H17ClN2O3S/c1-2-20-8-7-12-13(9-20)24-16(14(12)17(22)23)19-15(21)10-3-5-11(18)6-4-10/h3-6H,2,7-9H2,1H3,(H,19,21)(H,22,23). The lowest BCUT2D eigenvalue weighted by Gasteiger charge is -2.25. The molecule has 0 unspecified atom stereocenters. The molecule has 1 aromatic carbocycles. The average molecular weight is 365 g/mol. The largest absolute Gasteiger partial charge is 0.478 e. The first-order valence-electron chi connectivity index (χ1n) is 7.66. The molecule has 1 aliphatic heterocycles. The van der Waals surface area contributed by atoms with E-state index in [1.807, 2.05) is 0 Å². The molecule has 0 bridgehead atoms. The van der Waals surface area contributed by atoms with E-state index in [-0.39, 0.29) is 11.5 Å². The van der Waals surface area contributed by atoms with Gasteiger partial charge in [-0.25, -0.2) is 4.79 Å². The highest BCUT2D eigenvalue weighted by Crippen LogP contribution is 2.37. The molecule has 1 amide bonds. The van der Waals surface area contributed by atoms with Crippen molar-refractivity contribution in [2.75, 3.05) is 18.4 Å². The van der Waals surface area contributed by atoms with Crippen molar-refractivity contribution in [2.45, 2.75) is 19.9 Å². The highest BCUT2D eigenvalue weighted by atomic mass is 35.5. The van der Waals surface area contributed by atoms with E-state index in [1.165, 1.54) is 11.3 Å². The zero-order chi connectivity index (χ0) is 17.3. The van der Waals surface area contributed by atoms with Gasteiger partial charge in [-0.3, -0.25) is 9.69 Å². The Morgan fingerprint density at radius 2 is 2.04 bits per heavy atom. The zero-order valence-electron chi connectivity index (χ0n) is 13.1. The number of rotatable bonds is 4. The number of nitrogens with zero attached hydrogens (tertiary/aromatic N) is 1. The Bertz CT molecular complexity index is 786. The van der Waals surface area contributed by atoms with Crippen LogP contribution in [0.25, 0.3) is 0 Å². The number of thiophene rings is 1. The third-order valence-corrected chi connectivity index (χ3v) is 5.51. The SMILES string of the molecule is CCN1CCc2c(sc(NC(=O)c3ccc(Cl)cc3)c2C(=O)O)C1. The summed E-state index contributed by atoms with van der Waals surface area (Å²) in [4.78, 5) is 27.4. The van der Waals surface area contributed by atoms with Crippen LogP contribution < -0.4 is 5.32 Å². The third kappa shape index (κ3) is 3.31. The molecule has 0 radical (unpaired) electrons. The van der Waals surface area contributed by atoms with Crippen LogP contribution in [0.4, 0.5) is 5.00 Å². The molecule has 0 saturated carbocycles. The quantitative estimate of drug-likeness (QED) is 0.867. The highest BCUT2D eigenvalue weighted by Gasteiger charge is 2.28. The van der Waals surface area contributed by atoms with E-state index in [9.17, 15) is 14.7 Å². The van der Waals surface area contributed by atoms with E-state index in [0.717, 1.165) is 30.1 Å². The number of carbonyl (C=O) groups is 2. The molecule has 0 aliphatic carbocycles. The number of carbonyl (C=O) groups excluding carboxylic acids is 1. The topological polar surface area (TPSA) is 69.6 Å². The predicted octanol–water partition coefficient (Wildman–Crippen LogP) is 3.73. The lowest BCUT2D eigenvalue weighted by Crippen LogP contribution is -2.29. The Balaban J connectivity index is 1.90. The van der Waals surface area contributed by atoms with Gasteiger partial charge in [0.15, 0.2) is 0 Å². The molecule has 7 heteroatoms. The number of nitrogens with one attached hydrogen (secondary N) is 1. The Kier molecular flexibility index (Phi) is 4.89. The van der Waals surface area contributed by atoms with Gasteiger partial charge in [-0.1, -0.05) is 18.5 Å². The van der Waals surface area contributed by atoms with E-state index in [1.54, 1.807) is 24.3 Å². The maximum Gasteiger partial charge on any atom is 0.339 e. The number of hydrogen-bond acceptors (Lipinski definition) is 4. The summed E-state index contributed by atoms with van der Waals surface area (Å²) in [5.41, 5.74) is 1.52. The number of likely N-dealkylation sites (N-methyl/N-ethyl adjacent to an activating group) is 1. The van der Waals surface area contributed by atoms with Crippen molar-refractivity contribution in [1.29, 1.82) is 0 Å². The van der Waals surface area contributed by atoms with Crippen molar-refractivity contribution >= 4 is 39.8 Å². The van der Waals surface area contributed by atoms with Gasteiger partial charge in [0.1, 0.15) is 5.00 Å². The Morgan fingerprint density at radius 1 is 1.33 bits per heavy atom. The highest BCUT2D eigenvalue weighted by molar-refractivity contribution is 7.17. The summed E-state index contributed by atoms with van der Waals surface area (Å²) in [6, 6.07) is 6.50. The number of amides is 1. The first kappa shape index (κ1) is 17.0. The lowest BCUT2D eigenvalue weighted by molar-refractivity contribution is 0.0696. The number of fused-ring (bicyclic) bond motifs is 1. The second-order valence-electron chi connectivity index (χ2n) is 5.59. The van der Waals surface area contributed by atoms with Crippen molar-refractivity contribution < 1.29 is 14.7 Å². The molecule has 1 aliphatic rings. The van der Waals surface area contributed by atoms with Gasteiger partial charge < -0.3 is 10.4 Å². The van der Waals surface area contributed by atoms with Crippen LogP contribution >= 0.6 is 22.9 Å². The van der Waals surface area contributed by atoms with Gasteiger partial charge in [0.05, 0.1) is 5.56 Å². The molecule has 0 saturated heterocycles. The van der Waals surface area contributed by atoms with E-state index in [4.69, 9.17) is 11.6 Å². The van der Waals surface area contributed by atoms with Crippen LogP contribution in [0.1, 0.15) is 38.1 Å². The van der Waals surface area contributed by atoms with Crippen molar-refractivity contribution in [1.82, 2.24) is 4.90 Å². The molecular weight excluding hydrogens is 348 g/mol. The molecular formula is C17H17ClN2O3S. The number of aromatic carboxylic acids is 1. The molecule has 3 rings (SSSR count). The molecule has 2 N–H and O–H groups in total. The predicted molar refractivity (Wildman–Crippen MR) is 95.3 cm³/mol. The van der Waals surface area contributed by atoms with Gasteiger partial charge >= 0.3 is 5.97 Å². The van der Waals surface area contributed by atoms with Crippen LogP contribution in [0, 0.1) is 0 Å². The number of anilines is 1. The van der Waals surface area contributed by atoms with Crippen molar-refractivity contribution in [3.8, 4) is 0 Å². The van der Waals surface area contributed by atoms with Crippen molar-refractivity contribution in [3.05, 3.63) is 50.9 Å². The number of hydrogen-bond donors (Lipinski definition) is 2. The molecule has 1 aromatic heterocycles. The molecule has 126 valence electrons. The van der Waals surface area contributed by atoms with Crippen molar-refractivity contribution in [2.24, 2.45) is 0 Å². The molecule has 5 nitrogen and oxygen atoms in total. The van der Waals surface area contributed by atoms with Crippen LogP contribution in [0.2, 0.25) is 5.02 Å². The Labute approximate surface area is 148 Å². The van der Waals surface area contributed by atoms with Crippen LogP contribution in [0.15, 0.2) is 24.3 Å². The van der Waals surface area contributed by atoms with Crippen LogP contribution in [-0.2, 0) is 13.0 Å². The second kappa shape index (κ2) is 6.93. The summed E-state index contributed by atoms with van der Waals surface area (Å²) in [6.45, 7) is 4.57. The summed E-state index contributed by atoms with van der Waals surface area (Å²) < 4.78 is 0. The summed E-state index contributed by atoms with van der Waals surface area (Å²) >= 11 is 7.18. The van der Waals surface area contributed by atoms with Crippen LogP contribution in [0.3, 0.4) is 0 Å².